The Morgan fingerprint density at radius 1 is 1.08 bits per heavy atom. The first-order chi connectivity index (χ1) is 11.3. The molecule has 0 fully saturated rings. The fourth-order valence-corrected chi connectivity index (χ4v) is 2.62. The molecule has 0 aromatic heterocycles. The van der Waals surface area contributed by atoms with E-state index in [2.05, 4.69) is 26.6 Å². The molecule has 2 rings (SSSR count). The van der Waals surface area contributed by atoms with E-state index in [9.17, 15) is 9.59 Å². The molecule has 0 aliphatic carbocycles. The van der Waals surface area contributed by atoms with E-state index in [1.165, 1.54) is 6.92 Å². The summed E-state index contributed by atoms with van der Waals surface area (Å²) in [6.45, 7) is 3.07. The molecular formula is C17H16BrClN2O3. The zero-order valence-corrected chi connectivity index (χ0v) is 15.4. The Balaban J connectivity index is 1.97. The van der Waals surface area contributed by atoms with Gasteiger partial charge in [-0.1, -0.05) is 27.5 Å². The molecule has 2 aromatic rings. The standard InChI is InChI=1S/C17H16BrClN2O3/c1-10(24-16-8-3-12(18)9-15(16)19)17(23)21-14-6-4-13(5-7-14)20-11(2)22/h3-10H,1-2H3,(H,20,22)(H,21,23). The summed E-state index contributed by atoms with van der Waals surface area (Å²) in [7, 11) is 0. The lowest BCUT2D eigenvalue weighted by molar-refractivity contribution is -0.122. The summed E-state index contributed by atoms with van der Waals surface area (Å²) in [6, 6.07) is 12.0. The normalized spacial score (nSPS) is 11.5. The third-order valence-corrected chi connectivity index (χ3v) is 3.83. The summed E-state index contributed by atoms with van der Waals surface area (Å²) < 4.78 is 6.42. The number of carbonyl (C=O) groups excluding carboxylic acids is 2. The predicted octanol–water partition coefficient (Wildman–Crippen LogP) is 4.47. The number of rotatable bonds is 5. The first-order valence-corrected chi connectivity index (χ1v) is 8.32. The highest BCUT2D eigenvalue weighted by Gasteiger charge is 2.16. The zero-order valence-electron chi connectivity index (χ0n) is 13.1. The van der Waals surface area contributed by atoms with Gasteiger partial charge < -0.3 is 15.4 Å². The molecule has 0 saturated heterocycles. The Morgan fingerprint density at radius 3 is 2.21 bits per heavy atom. The first kappa shape index (κ1) is 18.3. The van der Waals surface area contributed by atoms with E-state index in [0.29, 0.717) is 22.1 Å². The van der Waals surface area contributed by atoms with E-state index >= 15 is 0 Å². The molecule has 5 nitrogen and oxygen atoms in total. The largest absolute Gasteiger partial charge is 0.479 e. The second-order valence-electron chi connectivity index (χ2n) is 5.08. The summed E-state index contributed by atoms with van der Waals surface area (Å²) >= 11 is 9.39. The van der Waals surface area contributed by atoms with E-state index in [4.69, 9.17) is 16.3 Å². The van der Waals surface area contributed by atoms with Crippen molar-refractivity contribution in [2.75, 3.05) is 10.6 Å². The van der Waals surface area contributed by atoms with Gasteiger partial charge in [-0.15, -0.1) is 0 Å². The number of hydrogen-bond donors (Lipinski definition) is 2. The topological polar surface area (TPSA) is 67.4 Å². The lowest BCUT2D eigenvalue weighted by atomic mass is 10.2. The van der Waals surface area contributed by atoms with Crippen molar-refractivity contribution in [1.82, 2.24) is 0 Å². The third kappa shape index (κ3) is 5.25. The average molecular weight is 412 g/mol. The Bertz CT molecular complexity index is 750. The number of hydrogen-bond acceptors (Lipinski definition) is 3. The number of nitrogens with one attached hydrogen (secondary N) is 2. The second-order valence-corrected chi connectivity index (χ2v) is 6.41. The molecule has 1 unspecified atom stereocenters. The SMILES string of the molecule is CC(=O)Nc1ccc(NC(=O)C(C)Oc2ccc(Br)cc2Cl)cc1. The number of ether oxygens (including phenoxy) is 1. The van der Waals surface area contributed by atoms with Crippen molar-refractivity contribution in [2.45, 2.75) is 20.0 Å². The fourth-order valence-electron chi connectivity index (χ4n) is 1.90. The van der Waals surface area contributed by atoms with Crippen LogP contribution in [0.4, 0.5) is 11.4 Å². The molecule has 2 N–H and O–H groups in total. The second kappa shape index (κ2) is 8.17. The van der Waals surface area contributed by atoms with Crippen LogP contribution >= 0.6 is 27.5 Å². The van der Waals surface area contributed by atoms with Gasteiger partial charge in [-0.3, -0.25) is 9.59 Å². The quantitative estimate of drug-likeness (QED) is 0.763. The van der Waals surface area contributed by atoms with Crippen LogP contribution in [0.25, 0.3) is 0 Å². The maximum Gasteiger partial charge on any atom is 0.265 e. The molecule has 0 heterocycles. The van der Waals surface area contributed by atoms with Crippen LogP contribution < -0.4 is 15.4 Å². The van der Waals surface area contributed by atoms with Gasteiger partial charge in [0, 0.05) is 22.8 Å². The maximum atomic E-state index is 12.2. The molecule has 126 valence electrons. The van der Waals surface area contributed by atoms with Crippen LogP contribution in [0.15, 0.2) is 46.9 Å². The third-order valence-electron chi connectivity index (χ3n) is 3.04. The molecule has 24 heavy (non-hydrogen) atoms. The molecule has 1 atom stereocenters. The van der Waals surface area contributed by atoms with E-state index < -0.39 is 6.10 Å². The van der Waals surface area contributed by atoms with Gasteiger partial charge in [0.2, 0.25) is 5.91 Å². The highest BCUT2D eigenvalue weighted by Crippen LogP contribution is 2.28. The Kier molecular flexibility index (Phi) is 6.23. The van der Waals surface area contributed by atoms with Crippen LogP contribution in [0.2, 0.25) is 5.02 Å². The van der Waals surface area contributed by atoms with Crippen molar-refractivity contribution in [2.24, 2.45) is 0 Å². The van der Waals surface area contributed by atoms with Gasteiger partial charge in [0.1, 0.15) is 5.75 Å². The van der Waals surface area contributed by atoms with Crippen LogP contribution in [-0.2, 0) is 9.59 Å². The zero-order chi connectivity index (χ0) is 17.7. The lowest BCUT2D eigenvalue weighted by Gasteiger charge is -2.16. The Labute approximate surface area is 153 Å². The van der Waals surface area contributed by atoms with E-state index in [1.807, 2.05) is 0 Å². The Hall–Kier alpha value is -2.05. The summed E-state index contributed by atoms with van der Waals surface area (Å²) in [4.78, 5) is 23.2. The molecule has 0 spiro atoms. The minimum absolute atomic E-state index is 0.153. The molecule has 2 amide bonds. The van der Waals surface area contributed by atoms with Gasteiger partial charge in [-0.05, 0) is 49.4 Å². The smallest absolute Gasteiger partial charge is 0.265 e. The van der Waals surface area contributed by atoms with E-state index in [0.717, 1.165) is 4.47 Å². The summed E-state index contributed by atoms with van der Waals surface area (Å²) in [6.07, 6.45) is -0.723. The summed E-state index contributed by atoms with van der Waals surface area (Å²) in [5.74, 6) is -0.0232. The van der Waals surface area contributed by atoms with Crippen molar-refractivity contribution in [3.05, 3.63) is 52.0 Å². The van der Waals surface area contributed by atoms with E-state index in [-0.39, 0.29) is 11.8 Å². The molecular weight excluding hydrogens is 396 g/mol. The fraction of sp³-hybridized carbons (Fsp3) is 0.176. The van der Waals surface area contributed by atoms with Crippen molar-refractivity contribution in [1.29, 1.82) is 0 Å². The van der Waals surface area contributed by atoms with Crippen molar-refractivity contribution in [3.63, 3.8) is 0 Å². The predicted molar refractivity (Wildman–Crippen MR) is 98.6 cm³/mol. The highest BCUT2D eigenvalue weighted by molar-refractivity contribution is 9.10. The lowest BCUT2D eigenvalue weighted by Crippen LogP contribution is -2.30. The van der Waals surface area contributed by atoms with Gasteiger partial charge in [-0.2, -0.15) is 0 Å². The average Bonchev–Trinajstić information content (AvgIpc) is 2.51. The minimum Gasteiger partial charge on any atom is -0.479 e. The van der Waals surface area contributed by atoms with Crippen LogP contribution in [0.1, 0.15) is 13.8 Å². The highest BCUT2D eigenvalue weighted by atomic mass is 79.9. The van der Waals surface area contributed by atoms with Crippen LogP contribution in [0.3, 0.4) is 0 Å². The number of amides is 2. The number of anilines is 2. The van der Waals surface area contributed by atoms with Gasteiger partial charge >= 0.3 is 0 Å². The summed E-state index contributed by atoms with van der Waals surface area (Å²) in [5, 5.41) is 5.82. The van der Waals surface area contributed by atoms with E-state index in [1.54, 1.807) is 49.4 Å². The molecule has 0 aliphatic heterocycles. The van der Waals surface area contributed by atoms with Crippen molar-refractivity contribution < 1.29 is 14.3 Å². The van der Waals surface area contributed by atoms with Gasteiger partial charge in [0.05, 0.1) is 5.02 Å². The monoisotopic (exact) mass is 410 g/mol. The molecule has 7 heteroatoms. The molecule has 0 radical (unpaired) electrons. The molecule has 0 bridgehead atoms. The van der Waals surface area contributed by atoms with Gasteiger partial charge in [0.25, 0.3) is 5.91 Å². The van der Waals surface area contributed by atoms with Crippen molar-refractivity contribution >= 4 is 50.7 Å². The summed E-state index contributed by atoms with van der Waals surface area (Å²) in [5.41, 5.74) is 1.26. The van der Waals surface area contributed by atoms with Crippen LogP contribution in [0.5, 0.6) is 5.75 Å². The van der Waals surface area contributed by atoms with Gasteiger partial charge in [0.15, 0.2) is 6.10 Å². The van der Waals surface area contributed by atoms with Crippen molar-refractivity contribution in [3.8, 4) is 5.75 Å². The number of benzene rings is 2. The molecule has 2 aromatic carbocycles. The molecule has 0 aliphatic rings. The van der Waals surface area contributed by atoms with Crippen LogP contribution in [0, 0.1) is 0 Å². The van der Waals surface area contributed by atoms with Crippen LogP contribution in [-0.4, -0.2) is 17.9 Å². The Morgan fingerprint density at radius 2 is 1.67 bits per heavy atom. The molecule has 0 saturated carbocycles. The maximum absolute atomic E-state index is 12.2. The minimum atomic E-state index is -0.723. The first-order valence-electron chi connectivity index (χ1n) is 7.15. The number of carbonyl (C=O) groups is 2. The number of halogens is 2. The van der Waals surface area contributed by atoms with Gasteiger partial charge in [-0.25, -0.2) is 0 Å².